The lowest BCUT2D eigenvalue weighted by Gasteiger charge is -2.27. The van der Waals surface area contributed by atoms with Gasteiger partial charge in [0.1, 0.15) is 12.2 Å². The molecule has 2 amide bonds. The molecular weight excluding hydrogens is 231 g/mol. The van der Waals surface area contributed by atoms with Crippen molar-refractivity contribution in [3.8, 4) is 0 Å². The Hall–Kier alpha value is -1.18. The van der Waals surface area contributed by atoms with Crippen molar-refractivity contribution < 1.29 is 24.1 Å². The maximum absolute atomic E-state index is 13.8. The number of halogens is 1. The molecule has 4 atom stereocenters. The quantitative estimate of drug-likeness (QED) is 0.545. The fourth-order valence-electron chi connectivity index (χ4n) is 1.93. The number of aliphatic hydroxyl groups is 2. The van der Waals surface area contributed by atoms with Crippen LogP contribution < -0.4 is 5.32 Å². The van der Waals surface area contributed by atoms with Crippen molar-refractivity contribution in [2.75, 3.05) is 19.7 Å². The zero-order valence-electron chi connectivity index (χ0n) is 9.12. The Bertz CT molecular complexity index is 325. The van der Waals surface area contributed by atoms with E-state index in [9.17, 15) is 14.3 Å². The third-order valence-electron chi connectivity index (χ3n) is 2.88. The zero-order chi connectivity index (χ0) is 12.4. The molecular formula is C10H15FN2O4. The normalized spacial score (nSPS) is 38.1. The summed E-state index contributed by atoms with van der Waals surface area (Å²) in [5.74, 6) is 0. The molecule has 0 saturated carbocycles. The molecule has 0 aliphatic carbocycles. The van der Waals surface area contributed by atoms with Crippen molar-refractivity contribution in [2.45, 2.75) is 24.6 Å². The van der Waals surface area contributed by atoms with Gasteiger partial charge in [0.2, 0.25) is 0 Å². The molecule has 2 heterocycles. The van der Waals surface area contributed by atoms with Gasteiger partial charge in [0.15, 0.2) is 12.4 Å². The number of aliphatic hydroxyl groups excluding tert-OH is 2. The number of rotatable bonds is 2. The average Bonchev–Trinajstić information content (AvgIpc) is 2.51. The van der Waals surface area contributed by atoms with E-state index in [2.05, 4.69) is 5.32 Å². The van der Waals surface area contributed by atoms with Crippen LogP contribution in [0.3, 0.4) is 0 Å². The molecule has 6 nitrogen and oxygen atoms in total. The number of nitrogens with zero attached hydrogens (tertiary/aromatic N) is 1. The number of hydrogen-bond acceptors (Lipinski definition) is 4. The molecule has 0 spiro atoms. The first-order valence-corrected chi connectivity index (χ1v) is 5.43. The second kappa shape index (κ2) is 4.99. The van der Waals surface area contributed by atoms with Crippen LogP contribution in [0, 0.1) is 0 Å². The smallest absolute Gasteiger partial charge is 0.320 e. The molecule has 0 aromatic rings. The van der Waals surface area contributed by atoms with Gasteiger partial charge in [-0.05, 0) is 0 Å². The first-order valence-electron chi connectivity index (χ1n) is 5.43. The van der Waals surface area contributed by atoms with E-state index in [4.69, 9.17) is 9.84 Å². The highest BCUT2D eigenvalue weighted by Crippen LogP contribution is 2.26. The number of alkyl halides is 1. The molecule has 3 N–H and O–H groups in total. The van der Waals surface area contributed by atoms with E-state index in [1.54, 1.807) is 12.2 Å². The van der Waals surface area contributed by atoms with Crippen LogP contribution in [0.5, 0.6) is 0 Å². The van der Waals surface area contributed by atoms with Gasteiger partial charge in [0.25, 0.3) is 0 Å². The van der Waals surface area contributed by atoms with E-state index in [0.29, 0.717) is 6.54 Å². The predicted molar refractivity (Wildman–Crippen MR) is 55.9 cm³/mol. The number of carbonyl (C=O) groups is 1. The summed E-state index contributed by atoms with van der Waals surface area (Å²) in [6.45, 7) is 0.107. The topological polar surface area (TPSA) is 82.0 Å². The van der Waals surface area contributed by atoms with E-state index >= 15 is 0 Å². The van der Waals surface area contributed by atoms with Gasteiger partial charge in [0.05, 0.1) is 6.61 Å². The summed E-state index contributed by atoms with van der Waals surface area (Å²) in [6.07, 6.45) is -1.82. The van der Waals surface area contributed by atoms with Crippen molar-refractivity contribution in [3.05, 3.63) is 12.2 Å². The molecule has 1 unspecified atom stereocenters. The van der Waals surface area contributed by atoms with Crippen molar-refractivity contribution >= 4 is 6.03 Å². The van der Waals surface area contributed by atoms with Gasteiger partial charge in [-0.15, -0.1) is 0 Å². The minimum atomic E-state index is -1.72. The lowest BCUT2D eigenvalue weighted by atomic mass is 10.1. The van der Waals surface area contributed by atoms with Crippen LogP contribution >= 0.6 is 0 Å². The van der Waals surface area contributed by atoms with Gasteiger partial charge in [-0.1, -0.05) is 12.2 Å². The van der Waals surface area contributed by atoms with Crippen molar-refractivity contribution in [2.24, 2.45) is 0 Å². The van der Waals surface area contributed by atoms with Gasteiger partial charge in [-0.25, -0.2) is 9.18 Å². The highest BCUT2D eigenvalue weighted by atomic mass is 19.1. The lowest BCUT2D eigenvalue weighted by Crippen LogP contribution is -2.49. The number of hydrogen-bond donors (Lipinski definition) is 3. The van der Waals surface area contributed by atoms with Crippen LogP contribution in [0.1, 0.15) is 0 Å². The number of urea groups is 1. The van der Waals surface area contributed by atoms with Crippen LogP contribution in [-0.2, 0) is 4.74 Å². The van der Waals surface area contributed by atoms with Crippen LogP contribution in [0.15, 0.2) is 12.2 Å². The molecule has 96 valence electrons. The number of amides is 2. The molecule has 2 aliphatic heterocycles. The summed E-state index contributed by atoms with van der Waals surface area (Å²) in [5, 5.41) is 20.9. The third-order valence-corrected chi connectivity index (χ3v) is 2.88. The number of ether oxygens (including phenoxy) is 1. The largest absolute Gasteiger partial charge is 0.394 e. The molecule has 0 aromatic heterocycles. The van der Waals surface area contributed by atoms with Gasteiger partial charge >= 0.3 is 6.03 Å². The van der Waals surface area contributed by atoms with Crippen molar-refractivity contribution in [1.82, 2.24) is 10.2 Å². The minimum Gasteiger partial charge on any atom is -0.394 e. The SMILES string of the molecule is O=C1NCC=CCN1[C@@H]1OC(CO)[C@@H](O)[C@H]1F. The molecule has 1 fully saturated rings. The summed E-state index contributed by atoms with van der Waals surface area (Å²) < 4.78 is 18.9. The fraction of sp³-hybridized carbons (Fsp3) is 0.700. The van der Waals surface area contributed by atoms with Crippen molar-refractivity contribution in [3.63, 3.8) is 0 Å². The average molecular weight is 246 g/mol. The molecule has 2 rings (SSSR count). The molecule has 0 bridgehead atoms. The summed E-state index contributed by atoms with van der Waals surface area (Å²) in [4.78, 5) is 12.8. The molecule has 0 aromatic carbocycles. The Balaban J connectivity index is 2.11. The van der Waals surface area contributed by atoms with Gasteiger partial charge in [-0.3, -0.25) is 4.90 Å². The minimum absolute atomic E-state index is 0.210. The maximum Gasteiger partial charge on any atom is 0.320 e. The van der Waals surface area contributed by atoms with E-state index in [1.807, 2.05) is 0 Å². The monoisotopic (exact) mass is 246 g/mol. The van der Waals surface area contributed by atoms with Crippen LogP contribution in [0.4, 0.5) is 9.18 Å². The molecule has 0 radical (unpaired) electrons. The van der Waals surface area contributed by atoms with E-state index in [1.165, 1.54) is 0 Å². The summed E-state index contributed by atoms with van der Waals surface area (Å²) >= 11 is 0. The van der Waals surface area contributed by atoms with Crippen LogP contribution in [0.2, 0.25) is 0 Å². The number of carbonyl (C=O) groups excluding carboxylic acids is 1. The highest BCUT2D eigenvalue weighted by molar-refractivity contribution is 5.75. The molecule has 17 heavy (non-hydrogen) atoms. The molecule has 1 saturated heterocycles. The van der Waals surface area contributed by atoms with Gasteiger partial charge < -0.3 is 20.3 Å². The second-order valence-corrected chi connectivity index (χ2v) is 3.99. The first-order chi connectivity index (χ1) is 8.15. The summed E-state index contributed by atoms with van der Waals surface area (Å²) in [7, 11) is 0. The Labute approximate surface area is 97.7 Å². The molecule has 2 aliphatic rings. The van der Waals surface area contributed by atoms with E-state index < -0.39 is 37.2 Å². The van der Waals surface area contributed by atoms with Gasteiger partial charge in [-0.2, -0.15) is 0 Å². The zero-order valence-corrected chi connectivity index (χ0v) is 9.12. The predicted octanol–water partition coefficient (Wildman–Crippen LogP) is -1.02. The standard InChI is InChI=1S/C10H15FN2O4/c11-7-8(15)6(5-14)17-9(7)13-4-2-1-3-12-10(13)16/h1-2,6-9,14-15H,3-5H2,(H,12,16)/t6?,7-,8-,9-/m1/s1. The highest BCUT2D eigenvalue weighted by Gasteiger charge is 2.47. The van der Waals surface area contributed by atoms with Crippen LogP contribution in [-0.4, -0.2) is 65.4 Å². The first kappa shape index (κ1) is 12.3. The summed E-state index contributed by atoms with van der Waals surface area (Å²) in [6, 6.07) is -0.451. The number of nitrogens with one attached hydrogen (secondary N) is 1. The van der Waals surface area contributed by atoms with Crippen LogP contribution in [0.25, 0.3) is 0 Å². The maximum atomic E-state index is 13.8. The Morgan fingerprint density at radius 3 is 3.00 bits per heavy atom. The fourth-order valence-corrected chi connectivity index (χ4v) is 1.93. The van der Waals surface area contributed by atoms with Gasteiger partial charge in [0, 0.05) is 13.1 Å². The van der Waals surface area contributed by atoms with E-state index in [0.717, 1.165) is 4.90 Å². The Morgan fingerprint density at radius 1 is 1.59 bits per heavy atom. The Morgan fingerprint density at radius 2 is 2.35 bits per heavy atom. The van der Waals surface area contributed by atoms with E-state index in [-0.39, 0.29) is 6.54 Å². The summed E-state index contributed by atoms with van der Waals surface area (Å²) in [5.41, 5.74) is 0. The Kier molecular flexibility index (Phi) is 3.60. The molecule has 7 heteroatoms. The third kappa shape index (κ3) is 2.26. The second-order valence-electron chi connectivity index (χ2n) is 3.99. The van der Waals surface area contributed by atoms with Crippen molar-refractivity contribution in [1.29, 1.82) is 0 Å². The lowest BCUT2D eigenvalue weighted by molar-refractivity contribution is -0.0672.